The Balaban J connectivity index is 2.11. The van der Waals surface area contributed by atoms with Gasteiger partial charge in [0.1, 0.15) is 11.5 Å². The number of nitro benzene ring substituents is 1. The van der Waals surface area contributed by atoms with Crippen LogP contribution in [-0.2, 0) is 9.47 Å². The third-order valence-electron chi connectivity index (χ3n) is 4.18. The van der Waals surface area contributed by atoms with E-state index in [4.69, 9.17) is 16.3 Å². The molecular formula is C16H16ClN3O5. The number of nitrogens with zero attached hydrogens (tertiary/aromatic N) is 3. The van der Waals surface area contributed by atoms with Gasteiger partial charge in [-0.05, 0) is 18.9 Å². The highest BCUT2D eigenvalue weighted by molar-refractivity contribution is 6.34. The molecule has 0 bridgehead atoms. The SMILES string of the molecule is COC(=O)c1cc([N+](=O)[O-])c(-n2ccnc2C2CCOCC2)cc1Cl. The number of imidazole rings is 1. The summed E-state index contributed by atoms with van der Waals surface area (Å²) >= 11 is 6.16. The molecular weight excluding hydrogens is 350 g/mol. The number of carbonyl (C=O) groups excluding carboxylic acids is 1. The van der Waals surface area contributed by atoms with E-state index in [1.54, 1.807) is 17.0 Å². The van der Waals surface area contributed by atoms with Crippen LogP contribution < -0.4 is 0 Å². The van der Waals surface area contributed by atoms with Crippen LogP contribution in [0.15, 0.2) is 24.5 Å². The minimum Gasteiger partial charge on any atom is -0.465 e. The zero-order chi connectivity index (χ0) is 18.0. The van der Waals surface area contributed by atoms with E-state index in [0.29, 0.717) is 19.0 Å². The van der Waals surface area contributed by atoms with Crippen LogP contribution in [0.4, 0.5) is 5.69 Å². The van der Waals surface area contributed by atoms with Crippen molar-refractivity contribution in [3.8, 4) is 5.69 Å². The normalized spacial score (nSPS) is 15.1. The summed E-state index contributed by atoms with van der Waals surface area (Å²) in [4.78, 5) is 27.1. The van der Waals surface area contributed by atoms with Crippen molar-refractivity contribution in [1.29, 1.82) is 0 Å². The van der Waals surface area contributed by atoms with Gasteiger partial charge in [-0.3, -0.25) is 14.7 Å². The molecule has 1 aromatic heterocycles. The van der Waals surface area contributed by atoms with Crippen LogP contribution in [0.25, 0.3) is 5.69 Å². The summed E-state index contributed by atoms with van der Waals surface area (Å²) in [6.07, 6.45) is 4.83. The molecule has 132 valence electrons. The Labute approximate surface area is 148 Å². The first kappa shape index (κ1) is 17.4. The van der Waals surface area contributed by atoms with E-state index in [0.717, 1.165) is 18.9 Å². The van der Waals surface area contributed by atoms with E-state index in [1.165, 1.54) is 13.2 Å². The third-order valence-corrected chi connectivity index (χ3v) is 4.49. The number of ether oxygens (including phenoxy) is 2. The van der Waals surface area contributed by atoms with E-state index < -0.39 is 10.9 Å². The summed E-state index contributed by atoms with van der Waals surface area (Å²) in [5.41, 5.74) is -0.0231. The van der Waals surface area contributed by atoms with Crippen LogP contribution in [0.1, 0.15) is 34.9 Å². The molecule has 8 nitrogen and oxygen atoms in total. The molecule has 1 aliphatic heterocycles. The lowest BCUT2D eigenvalue weighted by Gasteiger charge is -2.22. The fourth-order valence-electron chi connectivity index (χ4n) is 2.93. The first-order valence-corrected chi connectivity index (χ1v) is 8.08. The number of hydrogen-bond acceptors (Lipinski definition) is 6. The summed E-state index contributed by atoms with van der Waals surface area (Å²) in [6, 6.07) is 2.54. The number of nitro groups is 1. The molecule has 0 spiro atoms. The van der Waals surface area contributed by atoms with Gasteiger partial charge in [-0.2, -0.15) is 0 Å². The van der Waals surface area contributed by atoms with Crippen LogP contribution in [-0.4, -0.2) is 40.8 Å². The molecule has 0 atom stereocenters. The molecule has 1 saturated heterocycles. The second kappa shape index (κ2) is 7.20. The third kappa shape index (κ3) is 3.35. The zero-order valence-corrected chi connectivity index (χ0v) is 14.2. The van der Waals surface area contributed by atoms with E-state index in [9.17, 15) is 14.9 Å². The van der Waals surface area contributed by atoms with Crippen LogP contribution in [0.2, 0.25) is 5.02 Å². The maximum atomic E-state index is 11.8. The van der Waals surface area contributed by atoms with Crippen LogP contribution in [0.3, 0.4) is 0 Å². The molecule has 0 radical (unpaired) electrons. The van der Waals surface area contributed by atoms with E-state index in [2.05, 4.69) is 9.72 Å². The van der Waals surface area contributed by atoms with Gasteiger partial charge in [0, 0.05) is 37.6 Å². The molecule has 0 aliphatic carbocycles. The molecule has 25 heavy (non-hydrogen) atoms. The molecule has 0 saturated carbocycles. The monoisotopic (exact) mass is 365 g/mol. The molecule has 2 aromatic rings. The highest BCUT2D eigenvalue weighted by Crippen LogP contribution is 2.34. The van der Waals surface area contributed by atoms with Gasteiger partial charge in [0.2, 0.25) is 0 Å². The fraction of sp³-hybridized carbons (Fsp3) is 0.375. The average Bonchev–Trinajstić information content (AvgIpc) is 3.11. The van der Waals surface area contributed by atoms with E-state index in [1.807, 2.05) is 0 Å². The largest absolute Gasteiger partial charge is 0.465 e. The topological polar surface area (TPSA) is 96.5 Å². The maximum absolute atomic E-state index is 11.8. The molecule has 0 unspecified atom stereocenters. The standard InChI is InChI=1S/C16H16ClN3O5/c1-24-16(21)11-8-14(20(22)23)13(9-12(11)17)19-5-4-18-15(19)10-2-6-25-7-3-10/h4-5,8-10H,2-3,6-7H2,1H3. The second-order valence-corrected chi connectivity index (χ2v) is 6.02. The highest BCUT2D eigenvalue weighted by atomic mass is 35.5. The molecule has 3 rings (SSSR count). The van der Waals surface area contributed by atoms with Crippen molar-refractivity contribution in [3.63, 3.8) is 0 Å². The smallest absolute Gasteiger partial charge is 0.339 e. The predicted molar refractivity (Wildman–Crippen MR) is 89.4 cm³/mol. The lowest BCUT2D eigenvalue weighted by molar-refractivity contribution is -0.384. The van der Waals surface area contributed by atoms with Crippen molar-refractivity contribution >= 4 is 23.3 Å². The number of esters is 1. The van der Waals surface area contributed by atoms with Gasteiger partial charge in [0.25, 0.3) is 5.69 Å². The summed E-state index contributed by atoms with van der Waals surface area (Å²) in [6.45, 7) is 1.25. The van der Waals surface area contributed by atoms with Crippen molar-refractivity contribution in [3.05, 3.63) is 51.1 Å². The van der Waals surface area contributed by atoms with Gasteiger partial charge >= 0.3 is 5.97 Å². The van der Waals surface area contributed by atoms with Gasteiger partial charge in [0.15, 0.2) is 0 Å². The predicted octanol–water partition coefficient (Wildman–Crippen LogP) is 3.11. The number of hydrogen-bond donors (Lipinski definition) is 0. The fourth-order valence-corrected chi connectivity index (χ4v) is 3.17. The lowest BCUT2D eigenvalue weighted by Crippen LogP contribution is -2.18. The molecule has 1 fully saturated rings. The van der Waals surface area contributed by atoms with E-state index >= 15 is 0 Å². The summed E-state index contributed by atoms with van der Waals surface area (Å²) in [7, 11) is 1.19. The first-order chi connectivity index (χ1) is 12.0. The van der Waals surface area contributed by atoms with Crippen LogP contribution in [0.5, 0.6) is 0 Å². The second-order valence-electron chi connectivity index (χ2n) is 5.61. The summed E-state index contributed by atoms with van der Waals surface area (Å²) in [5.74, 6) is 0.130. The van der Waals surface area contributed by atoms with Crippen molar-refractivity contribution in [1.82, 2.24) is 9.55 Å². The zero-order valence-electron chi connectivity index (χ0n) is 13.5. The molecule has 9 heteroatoms. The Hall–Kier alpha value is -2.45. The summed E-state index contributed by atoms with van der Waals surface area (Å²) < 4.78 is 11.6. The summed E-state index contributed by atoms with van der Waals surface area (Å²) in [5, 5.41) is 11.6. The van der Waals surface area contributed by atoms with Crippen molar-refractivity contribution in [2.75, 3.05) is 20.3 Å². The maximum Gasteiger partial charge on any atom is 0.339 e. The van der Waals surface area contributed by atoms with Crippen LogP contribution >= 0.6 is 11.6 Å². The van der Waals surface area contributed by atoms with E-state index in [-0.39, 0.29) is 27.9 Å². The molecule has 1 aromatic carbocycles. The Kier molecular flexibility index (Phi) is 5.00. The van der Waals surface area contributed by atoms with Gasteiger partial charge in [0.05, 0.1) is 22.6 Å². The van der Waals surface area contributed by atoms with Crippen molar-refractivity contribution in [2.24, 2.45) is 0 Å². The number of aromatic nitrogens is 2. The van der Waals surface area contributed by atoms with Gasteiger partial charge in [-0.15, -0.1) is 0 Å². The number of halogens is 1. The number of benzene rings is 1. The number of rotatable bonds is 4. The first-order valence-electron chi connectivity index (χ1n) is 7.70. The van der Waals surface area contributed by atoms with Crippen molar-refractivity contribution in [2.45, 2.75) is 18.8 Å². The molecule has 2 heterocycles. The number of carbonyl (C=O) groups is 1. The Morgan fingerprint density at radius 3 is 2.80 bits per heavy atom. The lowest BCUT2D eigenvalue weighted by atomic mass is 9.99. The van der Waals surface area contributed by atoms with Gasteiger partial charge in [-0.25, -0.2) is 9.78 Å². The Morgan fingerprint density at radius 2 is 2.16 bits per heavy atom. The minimum atomic E-state index is -0.727. The molecule has 1 aliphatic rings. The van der Waals surface area contributed by atoms with Crippen LogP contribution in [0, 0.1) is 10.1 Å². The van der Waals surface area contributed by atoms with Crippen molar-refractivity contribution < 1.29 is 19.2 Å². The minimum absolute atomic E-state index is 0.0488. The molecule has 0 N–H and O–H groups in total. The Bertz CT molecular complexity index is 814. The van der Waals surface area contributed by atoms with Gasteiger partial charge < -0.3 is 9.47 Å². The number of methoxy groups -OCH3 is 1. The highest BCUT2D eigenvalue weighted by Gasteiger charge is 2.27. The molecule has 0 amide bonds. The quantitative estimate of drug-likeness (QED) is 0.469. The Morgan fingerprint density at radius 1 is 1.44 bits per heavy atom. The average molecular weight is 366 g/mol. The van der Waals surface area contributed by atoms with Gasteiger partial charge in [-0.1, -0.05) is 11.6 Å².